The van der Waals surface area contributed by atoms with Gasteiger partial charge in [0.1, 0.15) is 0 Å². The second-order valence-corrected chi connectivity index (χ2v) is 7.08. The van der Waals surface area contributed by atoms with E-state index < -0.39 is 0 Å². The Bertz CT molecular complexity index is 871. The molecule has 1 aromatic carbocycles. The van der Waals surface area contributed by atoms with Crippen molar-refractivity contribution in [1.82, 2.24) is 9.97 Å². The minimum Gasteiger partial charge on any atom is -0.461 e. The third-order valence-corrected chi connectivity index (χ3v) is 4.85. The Kier molecular flexibility index (Phi) is 4.08. The molecule has 0 amide bonds. The lowest BCUT2D eigenvalue weighted by molar-refractivity contribution is 0.0519. The zero-order chi connectivity index (χ0) is 15.1. The molecule has 108 valence electrons. The van der Waals surface area contributed by atoms with E-state index in [1.165, 1.54) is 3.57 Å². The molecule has 0 saturated heterocycles. The van der Waals surface area contributed by atoms with Crippen molar-refractivity contribution in [2.24, 2.45) is 0 Å². The number of halogens is 2. The van der Waals surface area contributed by atoms with Crippen molar-refractivity contribution in [3.8, 4) is 0 Å². The van der Waals surface area contributed by atoms with Crippen LogP contribution in [0.5, 0.6) is 0 Å². The number of nitrogens with one attached hydrogen (secondary N) is 1. The summed E-state index contributed by atoms with van der Waals surface area (Å²) in [5.74, 6) is -0.369. The second kappa shape index (κ2) is 5.71. The standard InChI is InChI=1S/C15H12I2N2O2/c1-3-21-15(20)13-7(2)12-9-4-8(16)5-10(17)14(9)19-11(12)6-18-13/h4-6,19H,3H2,1-2H3. The topological polar surface area (TPSA) is 55.0 Å². The number of benzene rings is 1. The molecule has 4 nitrogen and oxygen atoms in total. The van der Waals surface area contributed by atoms with E-state index in [1.807, 2.05) is 6.92 Å². The van der Waals surface area contributed by atoms with Crippen LogP contribution in [0.15, 0.2) is 18.3 Å². The van der Waals surface area contributed by atoms with Crippen molar-refractivity contribution in [2.75, 3.05) is 6.61 Å². The summed E-state index contributed by atoms with van der Waals surface area (Å²) in [6, 6.07) is 4.24. The summed E-state index contributed by atoms with van der Waals surface area (Å²) in [7, 11) is 0. The predicted molar refractivity (Wildman–Crippen MR) is 99.7 cm³/mol. The van der Waals surface area contributed by atoms with Crippen LogP contribution >= 0.6 is 45.2 Å². The maximum atomic E-state index is 12.0. The molecular formula is C15H12I2N2O2. The van der Waals surface area contributed by atoms with E-state index in [9.17, 15) is 4.79 Å². The van der Waals surface area contributed by atoms with Gasteiger partial charge < -0.3 is 9.72 Å². The fraction of sp³-hybridized carbons (Fsp3) is 0.200. The smallest absolute Gasteiger partial charge is 0.357 e. The third-order valence-electron chi connectivity index (χ3n) is 3.38. The highest BCUT2D eigenvalue weighted by molar-refractivity contribution is 14.1. The fourth-order valence-corrected chi connectivity index (χ4v) is 4.47. The summed E-state index contributed by atoms with van der Waals surface area (Å²) in [5.41, 5.74) is 3.27. The van der Waals surface area contributed by atoms with Crippen LogP contribution in [-0.4, -0.2) is 22.5 Å². The summed E-state index contributed by atoms with van der Waals surface area (Å²) in [5, 5.41) is 2.16. The maximum Gasteiger partial charge on any atom is 0.357 e. The van der Waals surface area contributed by atoms with Gasteiger partial charge in [0, 0.05) is 17.9 Å². The number of hydrogen-bond acceptors (Lipinski definition) is 3. The van der Waals surface area contributed by atoms with E-state index in [0.717, 1.165) is 30.9 Å². The number of carbonyl (C=O) groups is 1. The van der Waals surface area contributed by atoms with Gasteiger partial charge in [-0.1, -0.05) is 0 Å². The predicted octanol–water partition coefficient (Wildman–Crippen LogP) is 4.41. The number of pyridine rings is 1. The van der Waals surface area contributed by atoms with Gasteiger partial charge >= 0.3 is 5.97 Å². The molecule has 3 aromatic rings. The number of nitrogens with zero attached hydrogens (tertiary/aromatic N) is 1. The Morgan fingerprint density at radius 2 is 2.14 bits per heavy atom. The number of ether oxygens (including phenoxy) is 1. The SMILES string of the molecule is CCOC(=O)c1ncc2[nH]c3c(I)cc(I)cc3c2c1C. The lowest BCUT2D eigenvalue weighted by Crippen LogP contribution is -2.09. The van der Waals surface area contributed by atoms with Gasteiger partial charge in [-0.3, -0.25) is 0 Å². The van der Waals surface area contributed by atoms with E-state index in [4.69, 9.17) is 4.74 Å². The van der Waals surface area contributed by atoms with Crippen LogP contribution in [0.3, 0.4) is 0 Å². The van der Waals surface area contributed by atoms with Gasteiger partial charge in [-0.15, -0.1) is 0 Å². The minimum absolute atomic E-state index is 0.349. The van der Waals surface area contributed by atoms with Gasteiger partial charge in [0.2, 0.25) is 0 Å². The molecule has 0 aliphatic rings. The first kappa shape index (κ1) is 15.0. The zero-order valence-electron chi connectivity index (χ0n) is 11.5. The Balaban J connectivity index is 2.36. The largest absolute Gasteiger partial charge is 0.461 e. The van der Waals surface area contributed by atoms with Crippen LogP contribution < -0.4 is 0 Å². The number of aromatic nitrogens is 2. The quantitative estimate of drug-likeness (QED) is 0.414. The highest BCUT2D eigenvalue weighted by atomic mass is 127. The lowest BCUT2D eigenvalue weighted by Gasteiger charge is -2.05. The highest BCUT2D eigenvalue weighted by Gasteiger charge is 2.18. The fourth-order valence-electron chi connectivity index (χ4n) is 2.49. The second-order valence-electron chi connectivity index (χ2n) is 4.68. The molecule has 1 N–H and O–H groups in total. The molecule has 0 aliphatic heterocycles. The van der Waals surface area contributed by atoms with Crippen molar-refractivity contribution in [1.29, 1.82) is 0 Å². The normalized spacial score (nSPS) is 11.2. The molecule has 0 unspecified atom stereocenters. The van der Waals surface area contributed by atoms with Crippen molar-refractivity contribution >= 4 is 73.0 Å². The van der Waals surface area contributed by atoms with Crippen LogP contribution in [0, 0.1) is 14.1 Å². The number of rotatable bonds is 2. The minimum atomic E-state index is -0.369. The van der Waals surface area contributed by atoms with Crippen molar-refractivity contribution in [2.45, 2.75) is 13.8 Å². The number of esters is 1. The lowest BCUT2D eigenvalue weighted by atomic mass is 10.1. The molecule has 2 heterocycles. The molecule has 3 rings (SSSR count). The van der Waals surface area contributed by atoms with Crippen molar-refractivity contribution < 1.29 is 9.53 Å². The molecule has 21 heavy (non-hydrogen) atoms. The number of hydrogen-bond donors (Lipinski definition) is 1. The molecule has 0 fully saturated rings. The average molecular weight is 506 g/mol. The molecule has 0 aliphatic carbocycles. The van der Waals surface area contributed by atoms with E-state index >= 15 is 0 Å². The number of fused-ring (bicyclic) bond motifs is 3. The first-order valence-electron chi connectivity index (χ1n) is 6.46. The number of aryl methyl sites for hydroxylation is 1. The molecule has 0 atom stereocenters. The van der Waals surface area contributed by atoms with Gasteiger partial charge in [-0.05, 0) is 76.7 Å². The number of aromatic amines is 1. The van der Waals surface area contributed by atoms with Gasteiger partial charge in [-0.25, -0.2) is 9.78 Å². The van der Waals surface area contributed by atoms with E-state index in [0.29, 0.717) is 12.3 Å². The molecule has 6 heteroatoms. The van der Waals surface area contributed by atoms with E-state index in [1.54, 1.807) is 13.1 Å². The van der Waals surface area contributed by atoms with Crippen molar-refractivity contribution in [3.05, 3.63) is 36.7 Å². The first-order chi connectivity index (χ1) is 10.0. The molecule has 0 radical (unpaired) electrons. The molecule has 0 spiro atoms. The van der Waals surface area contributed by atoms with Crippen LogP contribution in [0.4, 0.5) is 0 Å². The highest BCUT2D eigenvalue weighted by Crippen LogP contribution is 2.33. The Labute approximate surface area is 148 Å². The number of carbonyl (C=O) groups excluding carboxylic acids is 1. The summed E-state index contributed by atoms with van der Waals surface area (Å²) in [4.78, 5) is 19.7. The maximum absolute atomic E-state index is 12.0. The zero-order valence-corrected chi connectivity index (χ0v) is 15.8. The van der Waals surface area contributed by atoms with Crippen LogP contribution in [0.25, 0.3) is 21.8 Å². The Morgan fingerprint density at radius 3 is 2.86 bits per heavy atom. The Morgan fingerprint density at radius 1 is 1.38 bits per heavy atom. The average Bonchev–Trinajstić information content (AvgIpc) is 2.79. The van der Waals surface area contributed by atoms with Crippen LogP contribution in [0.2, 0.25) is 0 Å². The van der Waals surface area contributed by atoms with Crippen LogP contribution in [0.1, 0.15) is 23.0 Å². The van der Waals surface area contributed by atoms with Gasteiger partial charge in [0.05, 0.1) is 23.8 Å². The number of H-pyrrole nitrogens is 1. The molecule has 2 aromatic heterocycles. The van der Waals surface area contributed by atoms with Gasteiger partial charge in [0.15, 0.2) is 5.69 Å². The summed E-state index contributed by atoms with van der Waals surface area (Å²) < 4.78 is 7.40. The molecule has 0 saturated carbocycles. The first-order valence-corrected chi connectivity index (χ1v) is 8.61. The summed E-state index contributed by atoms with van der Waals surface area (Å²) in [6.45, 7) is 4.06. The van der Waals surface area contributed by atoms with E-state index in [2.05, 4.69) is 67.3 Å². The molecular weight excluding hydrogens is 494 g/mol. The monoisotopic (exact) mass is 506 g/mol. The Hall–Kier alpha value is -0.900. The van der Waals surface area contributed by atoms with Gasteiger partial charge in [-0.2, -0.15) is 0 Å². The van der Waals surface area contributed by atoms with Gasteiger partial charge in [0.25, 0.3) is 0 Å². The summed E-state index contributed by atoms with van der Waals surface area (Å²) in [6.07, 6.45) is 1.71. The molecule has 0 bridgehead atoms. The van der Waals surface area contributed by atoms with E-state index in [-0.39, 0.29) is 5.97 Å². The van der Waals surface area contributed by atoms with Crippen molar-refractivity contribution in [3.63, 3.8) is 0 Å². The van der Waals surface area contributed by atoms with Crippen LogP contribution in [-0.2, 0) is 4.74 Å². The summed E-state index contributed by atoms with van der Waals surface area (Å²) >= 11 is 4.62. The third kappa shape index (κ3) is 2.52.